The molecule has 0 spiro atoms. The molecular formula is C23H31F2N3O4. The van der Waals surface area contributed by atoms with Gasteiger partial charge in [-0.25, -0.2) is 9.87 Å². The van der Waals surface area contributed by atoms with Crippen LogP contribution in [0.5, 0.6) is 0 Å². The van der Waals surface area contributed by atoms with E-state index in [9.17, 15) is 18.4 Å². The van der Waals surface area contributed by atoms with Crippen molar-refractivity contribution >= 4 is 17.7 Å². The van der Waals surface area contributed by atoms with Gasteiger partial charge in [-0.15, -0.1) is 0 Å². The van der Waals surface area contributed by atoms with Crippen molar-refractivity contribution < 1.29 is 23.1 Å². The molecule has 1 aromatic carbocycles. The number of anilines is 2. The number of nitrogens with zero attached hydrogens (tertiary/aromatic N) is 1. The summed E-state index contributed by atoms with van der Waals surface area (Å²) in [6, 6.07) is 4.40. The summed E-state index contributed by atoms with van der Waals surface area (Å²) < 4.78 is 34.3. The van der Waals surface area contributed by atoms with Crippen LogP contribution in [0.2, 0.25) is 0 Å². The fourth-order valence-electron chi connectivity index (χ4n) is 3.05. The Hall–Kier alpha value is -3.04. The van der Waals surface area contributed by atoms with Gasteiger partial charge < -0.3 is 14.6 Å². The molecule has 7 nitrogen and oxygen atoms in total. The third kappa shape index (κ3) is 7.00. The van der Waals surface area contributed by atoms with E-state index < -0.39 is 17.2 Å². The molecule has 0 bridgehead atoms. The second-order valence-electron chi connectivity index (χ2n) is 6.43. The Labute approximate surface area is 187 Å². The summed E-state index contributed by atoms with van der Waals surface area (Å²) in [7, 11) is 1.70. The number of hydroxylamine groups is 1. The molecule has 1 aliphatic heterocycles. The van der Waals surface area contributed by atoms with Gasteiger partial charge in [0.05, 0.1) is 23.2 Å². The predicted octanol–water partition coefficient (Wildman–Crippen LogP) is 4.26. The highest BCUT2D eigenvalue weighted by Gasteiger charge is 2.25. The van der Waals surface area contributed by atoms with Crippen molar-refractivity contribution in [2.75, 3.05) is 25.6 Å². The number of rotatable bonds is 8. The first-order valence-corrected chi connectivity index (χ1v) is 10.4. The smallest absolute Gasteiger partial charge is 0.288 e. The zero-order chi connectivity index (χ0) is 24.1. The standard InChI is InChI=1S/C16H14F2N2O2.C5H11NO2.C2H6/c1-9-4-5-12(11(17)7-9)19-15-10(8-21)13-3-2-6-20(13)16(22)14(15)18;1-3-7-4-5-8-6-2;1-2/h4-5,7-8,19H,2-3,6H2,1H3;3,6H,1,4-5H2,2H3;1-2H3. The molecule has 0 fully saturated rings. The number of nitrogens with one attached hydrogen (secondary N) is 2. The molecule has 2 aromatic rings. The van der Waals surface area contributed by atoms with Gasteiger partial charge >= 0.3 is 0 Å². The molecule has 0 aliphatic carbocycles. The van der Waals surface area contributed by atoms with Crippen LogP contribution in [0.25, 0.3) is 0 Å². The first kappa shape index (κ1) is 27.0. The number of ether oxygens (including phenoxy) is 1. The lowest BCUT2D eigenvalue weighted by Crippen LogP contribution is -2.26. The molecule has 0 radical (unpaired) electrons. The minimum atomic E-state index is -1.06. The Morgan fingerprint density at radius 2 is 1.97 bits per heavy atom. The number of hydrogen-bond donors (Lipinski definition) is 2. The fraction of sp³-hybridized carbons (Fsp3) is 0.391. The zero-order valence-electron chi connectivity index (χ0n) is 19.0. The lowest BCUT2D eigenvalue weighted by atomic mass is 10.1. The highest BCUT2D eigenvalue weighted by molar-refractivity contribution is 5.87. The highest BCUT2D eigenvalue weighted by atomic mass is 19.1. The SMILES string of the molecule is C=COCCONC.CC.Cc1ccc(Nc2c(C=O)c3n(c(=O)c2F)CCC3)c(F)c1. The van der Waals surface area contributed by atoms with E-state index in [-0.39, 0.29) is 16.9 Å². The van der Waals surface area contributed by atoms with Crippen molar-refractivity contribution in [1.29, 1.82) is 0 Å². The molecule has 0 saturated heterocycles. The maximum atomic E-state index is 14.3. The van der Waals surface area contributed by atoms with Crippen LogP contribution >= 0.6 is 0 Å². The maximum Gasteiger partial charge on any atom is 0.288 e. The number of aldehydes is 1. The predicted molar refractivity (Wildman–Crippen MR) is 121 cm³/mol. The molecule has 3 rings (SSSR count). The maximum absolute atomic E-state index is 14.3. The first-order chi connectivity index (χ1) is 15.4. The summed E-state index contributed by atoms with van der Waals surface area (Å²) in [4.78, 5) is 28.1. The van der Waals surface area contributed by atoms with Crippen molar-refractivity contribution in [3.05, 3.63) is 69.8 Å². The van der Waals surface area contributed by atoms with Gasteiger partial charge in [-0.05, 0) is 37.5 Å². The van der Waals surface area contributed by atoms with Crippen molar-refractivity contribution in [1.82, 2.24) is 10.0 Å². The van der Waals surface area contributed by atoms with E-state index in [1.807, 2.05) is 13.8 Å². The van der Waals surface area contributed by atoms with E-state index in [0.29, 0.717) is 50.1 Å². The summed E-state index contributed by atoms with van der Waals surface area (Å²) in [6.45, 7) is 10.6. The molecule has 0 amide bonds. The normalized spacial score (nSPS) is 11.3. The monoisotopic (exact) mass is 451 g/mol. The van der Waals surface area contributed by atoms with Gasteiger partial charge in [0.15, 0.2) is 6.29 Å². The Bertz CT molecular complexity index is 961. The van der Waals surface area contributed by atoms with Crippen molar-refractivity contribution in [2.45, 2.75) is 40.2 Å². The Morgan fingerprint density at radius 1 is 1.25 bits per heavy atom. The Morgan fingerprint density at radius 3 is 2.56 bits per heavy atom. The Kier molecular flexibility index (Phi) is 11.9. The van der Waals surface area contributed by atoms with Crippen LogP contribution in [-0.4, -0.2) is 31.1 Å². The van der Waals surface area contributed by atoms with Crippen LogP contribution < -0.4 is 16.4 Å². The Balaban J connectivity index is 0.000000436. The summed E-state index contributed by atoms with van der Waals surface area (Å²) >= 11 is 0. The van der Waals surface area contributed by atoms with Gasteiger partial charge in [-0.2, -0.15) is 4.39 Å². The third-order valence-corrected chi connectivity index (χ3v) is 4.42. The number of aromatic nitrogens is 1. The number of halogens is 2. The van der Waals surface area contributed by atoms with Gasteiger partial charge in [0.2, 0.25) is 5.82 Å². The van der Waals surface area contributed by atoms with E-state index >= 15 is 0 Å². The number of carbonyl (C=O) groups excluding carboxylic acids is 1. The lowest BCUT2D eigenvalue weighted by Gasteiger charge is -2.15. The van der Waals surface area contributed by atoms with Gasteiger partial charge in [-0.3, -0.25) is 14.4 Å². The van der Waals surface area contributed by atoms with Crippen LogP contribution in [0.3, 0.4) is 0 Å². The molecule has 0 atom stereocenters. The average molecular weight is 452 g/mol. The number of fused-ring (bicyclic) bond motifs is 1. The molecule has 2 heterocycles. The van der Waals surface area contributed by atoms with Crippen LogP contribution in [0.4, 0.5) is 20.2 Å². The molecule has 0 saturated carbocycles. The number of aryl methyl sites for hydroxylation is 1. The second kappa shape index (κ2) is 14.1. The van der Waals surface area contributed by atoms with E-state index in [2.05, 4.69) is 17.4 Å². The molecule has 9 heteroatoms. The minimum Gasteiger partial charge on any atom is -0.499 e. The highest BCUT2D eigenvalue weighted by Crippen LogP contribution is 2.28. The molecule has 2 N–H and O–H groups in total. The van der Waals surface area contributed by atoms with Gasteiger partial charge in [0.1, 0.15) is 19.0 Å². The first-order valence-electron chi connectivity index (χ1n) is 10.4. The summed E-state index contributed by atoms with van der Waals surface area (Å²) in [6.07, 6.45) is 3.10. The molecule has 176 valence electrons. The van der Waals surface area contributed by atoms with Gasteiger partial charge in [0, 0.05) is 19.3 Å². The number of pyridine rings is 1. The average Bonchev–Trinajstić information content (AvgIpc) is 3.28. The third-order valence-electron chi connectivity index (χ3n) is 4.42. The van der Waals surface area contributed by atoms with E-state index in [1.54, 1.807) is 20.0 Å². The molecule has 0 unspecified atom stereocenters. The minimum absolute atomic E-state index is 0.0231. The van der Waals surface area contributed by atoms with Crippen molar-refractivity contribution in [3.63, 3.8) is 0 Å². The van der Waals surface area contributed by atoms with E-state index in [4.69, 9.17) is 9.57 Å². The summed E-state index contributed by atoms with van der Waals surface area (Å²) in [5, 5.41) is 2.56. The van der Waals surface area contributed by atoms with Crippen LogP contribution in [0, 0.1) is 18.6 Å². The van der Waals surface area contributed by atoms with Crippen LogP contribution in [-0.2, 0) is 22.5 Å². The van der Waals surface area contributed by atoms with Crippen molar-refractivity contribution in [2.24, 2.45) is 0 Å². The molecule has 1 aliphatic rings. The second-order valence-corrected chi connectivity index (χ2v) is 6.43. The number of hydrogen-bond acceptors (Lipinski definition) is 6. The van der Waals surface area contributed by atoms with E-state index in [0.717, 1.165) is 0 Å². The molecule has 1 aromatic heterocycles. The number of carbonyl (C=O) groups is 1. The van der Waals surface area contributed by atoms with Crippen LogP contribution in [0.15, 0.2) is 35.8 Å². The number of benzene rings is 1. The largest absolute Gasteiger partial charge is 0.499 e. The summed E-state index contributed by atoms with van der Waals surface area (Å²) in [5.74, 6) is -1.63. The van der Waals surface area contributed by atoms with Crippen molar-refractivity contribution in [3.8, 4) is 0 Å². The topological polar surface area (TPSA) is 81.6 Å². The van der Waals surface area contributed by atoms with Crippen LogP contribution in [0.1, 0.15) is 41.9 Å². The van der Waals surface area contributed by atoms with Gasteiger partial charge in [-0.1, -0.05) is 26.5 Å². The van der Waals surface area contributed by atoms with E-state index in [1.165, 1.54) is 23.0 Å². The zero-order valence-corrected chi connectivity index (χ0v) is 19.0. The van der Waals surface area contributed by atoms with Gasteiger partial charge in [0.25, 0.3) is 5.56 Å². The molecule has 32 heavy (non-hydrogen) atoms. The fourth-order valence-corrected chi connectivity index (χ4v) is 3.05. The lowest BCUT2D eigenvalue weighted by molar-refractivity contribution is 0.0276. The molecular weight excluding hydrogens is 420 g/mol. The quantitative estimate of drug-likeness (QED) is 0.270. The summed E-state index contributed by atoms with van der Waals surface area (Å²) in [5.41, 5.74) is 2.79.